The molecule has 3 N–H and O–H groups in total. The number of benzene rings is 1. The molecule has 0 fully saturated rings. The molecule has 0 bridgehead atoms. The molecule has 0 radical (unpaired) electrons. The fourth-order valence-corrected chi connectivity index (χ4v) is 1.74. The van der Waals surface area contributed by atoms with Crippen LogP contribution in [0, 0.1) is 6.92 Å². The molecule has 0 aliphatic heterocycles. The van der Waals surface area contributed by atoms with Gasteiger partial charge in [-0.3, -0.25) is 0 Å². The summed E-state index contributed by atoms with van der Waals surface area (Å²) in [7, 11) is 0. The molecule has 1 aromatic heterocycles. The monoisotopic (exact) mass is 321 g/mol. The van der Waals surface area contributed by atoms with Gasteiger partial charge in [-0.05, 0) is 43.3 Å². The molecule has 0 saturated carbocycles. The fourth-order valence-electron chi connectivity index (χ4n) is 1.47. The first-order chi connectivity index (χ1) is 9.10. The topological polar surface area (TPSA) is 80.7 Å². The molecule has 0 aliphatic rings. The van der Waals surface area contributed by atoms with Crippen molar-refractivity contribution in [2.24, 2.45) is 10.9 Å². The number of oxime groups is 1. The summed E-state index contributed by atoms with van der Waals surface area (Å²) < 4.78 is 6.62. The predicted molar refractivity (Wildman–Crippen MR) is 75.7 cm³/mol. The van der Waals surface area contributed by atoms with E-state index >= 15 is 0 Å². The highest BCUT2D eigenvalue weighted by molar-refractivity contribution is 9.10. The maximum Gasteiger partial charge on any atom is 0.230 e. The Bertz CT molecular complexity index is 612. The van der Waals surface area contributed by atoms with Crippen LogP contribution in [0.2, 0.25) is 0 Å². The first-order valence-electron chi connectivity index (χ1n) is 5.49. The largest absolute Gasteiger partial charge is 0.438 e. The van der Waals surface area contributed by atoms with Gasteiger partial charge in [0.15, 0.2) is 5.84 Å². The molecule has 0 unspecified atom stereocenters. The third-order valence-corrected chi connectivity index (χ3v) is 2.94. The predicted octanol–water partition coefficient (Wildman–Crippen LogP) is 3.04. The molecule has 0 spiro atoms. The van der Waals surface area contributed by atoms with E-state index in [4.69, 9.17) is 15.7 Å². The number of nitrogens with two attached hydrogens (primary N) is 1. The van der Waals surface area contributed by atoms with Gasteiger partial charge < -0.3 is 15.7 Å². The highest BCUT2D eigenvalue weighted by Gasteiger charge is 2.11. The first-order valence-corrected chi connectivity index (χ1v) is 6.28. The number of pyridine rings is 1. The number of hydrogen-bond acceptors (Lipinski definition) is 4. The van der Waals surface area contributed by atoms with Crippen LogP contribution in [0.25, 0.3) is 0 Å². The highest BCUT2D eigenvalue weighted by atomic mass is 79.9. The van der Waals surface area contributed by atoms with Crippen molar-refractivity contribution in [2.75, 3.05) is 0 Å². The lowest BCUT2D eigenvalue weighted by Gasteiger charge is -2.10. The molecule has 1 aromatic carbocycles. The number of rotatable bonds is 3. The van der Waals surface area contributed by atoms with Crippen LogP contribution in [0.4, 0.5) is 0 Å². The van der Waals surface area contributed by atoms with E-state index in [2.05, 4.69) is 26.1 Å². The number of hydrogen-bond donors (Lipinski definition) is 2. The van der Waals surface area contributed by atoms with Crippen molar-refractivity contribution in [2.45, 2.75) is 6.92 Å². The average Bonchev–Trinajstić information content (AvgIpc) is 2.41. The number of aryl methyl sites for hydroxylation is 1. The molecule has 0 amide bonds. The minimum Gasteiger partial charge on any atom is -0.438 e. The van der Waals surface area contributed by atoms with Gasteiger partial charge in [-0.2, -0.15) is 0 Å². The molecule has 19 heavy (non-hydrogen) atoms. The molecule has 0 aliphatic carbocycles. The fraction of sp³-hybridized carbons (Fsp3) is 0.0769. The summed E-state index contributed by atoms with van der Waals surface area (Å²) in [6, 6.07) is 10.8. The van der Waals surface area contributed by atoms with Gasteiger partial charge in [-0.25, -0.2) is 4.98 Å². The van der Waals surface area contributed by atoms with Crippen molar-refractivity contribution < 1.29 is 9.94 Å². The van der Waals surface area contributed by atoms with Crippen molar-refractivity contribution in [3.8, 4) is 11.6 Å². The minimum atomic E-state index is -0.0420. The molecule has 5 nitrogen and oxygen atoms in total. The van der Waals surface area contributed by atoms with E-state index in [-0.39, 0.29) is 5.84 Å². The maximum atomic E-state index is 8.76. The minimum absolute atomic E-state index is 0.0420. The molecular weight excluding hydrogens is 310 g/mol. The Morgan fingerprint density at radius 2 is 1.95 bits per heavy atom. The van der Waals surface area contributed by atoms with Crippen LogP contribution in [0.15, 0.2) is 46.0 Å². The zero-order valence-corrected chi connectivity index (χ0v) is 11.8. The second-order valence-electron chi connectivity index (χ2n) is 3.85. The number of amidine groups is 1. The van der Waals surface area contributed by atoms with E-state index in [0.29, 0.717) is 17.2 Å². The van der Waals surface area contributed by atoms with E-state index in [1.165, 1.54) is 0 Å². The Morgan fingerprint density at radius 1 is 1.26 bits per heavy atom. The molecule has 6 heteroatoms. The second kappa shape index (κ2) is 5.71. The highest BCUT2D eigenvalue weighted by Crippen LogP contribution is 2.25. The smallest absolute Gasteiger partial charge is 0.230 e. The number of nitrogens with zero attached hydrogens (tertiary/aromatic N) is 2. The third-order valence-electron chi connectivity index (χ3n) is 2.41. The Labute approximate surface area is 118 Å². The van der Waals surface area contributed by atoms with E-state index in [9.17, 15) is 0 Å². The van der Waals surface area contributed by atoms with Gasteiger partial charge in [0, 0.05) is 10.2 Å². The third kappa shape index (κ3) is 3.23. The van der Waals surface area contributed by atoms with Crippen molar-refractivity contribution in [3.63, 3.8) is 0 Å². The van der Waals surface area contributed by atoms with Gasteiger partial charge in [0.25, 0.3) is 0 Å². The number of halogens is 1. The summed E-state index contributed by atoms with van der Waals surface area (Å²) in [6.07, 6.45) is 0. The van der Waals surface area contributed by atoms with Crippen molar-refractivity contribution in [1.82, 2.24) is 4.98 Å². The zero-order valence-electron chi connectivity index (χ0n) is 10.2. The van der Waals surface area contributed by atoms with Gasteiger partial charge in [0.05, 0.1) is 5.56 Å². The van der Waals surface area contributed by atoms with E-state index < -0.39 is 0 Å². The molecular formula is C13H12BrN3O2. The van der Waals surface area contributed by atoms with Gasteiger partial charge in [-0.1, -0.05) is 21.1 Å². The van der Waals surface area contributed by atoms with Gasteiger partial charge in [-0.15, -0.1) is 0 Å². The summed E-state index contributed by atoms with van der Waals surface area (Å²) in [4.78, 5) is 4.25. The Hall–Kier alpha value is -2.08. The molecule has 2 rings (SSSR count). The van der Waals surface area contributed by atoms with E-state index in [0.717, 1.165) is 10.2 Å². The van der Waals surface area contributed by atoms with Crippen LogP contribution in [0.1, 0.15) is 11.3 Å². The lowest BCUT2D eigenvalue weighted by atomic mass is 10.2. The standard InChI is InChI=1S/C13H12BrN3O2/c1-8-2-7-11(12(15)17-18)13(16-8)19-10-5-3-9(14)4-6-10/h2-7,18H,1H3,(H2,15,17). The summed E-state index contributed by atoms with van der Waals surface area (Å²) in [5.41, 5.74) is 6.82. The molecule has 98 valence electrons. The Balaban J connectivity index is 2.38. The van der Waals surface area contributed by atoms with Crippen molar-refractivity contribution in [3.05, 3.63) is 52.1 Å². The van der Waals surface area contributed by atoms with Crippen LogP contribution < -0.4 is 10.5 Å². The van der Waals surface area contributed by atoms with Gasteiger partial charge >= 0.3 is 0 Å². The number of ether oxygens (including phenoxy) is 1. The summed E-state index contributed by atoms with van der Waals surface area (Å²) in [5.74, 6) is 0.880. The quantitative estimate of drug-likeness (QED) is 0.394. The SMILES string of the molecule is Cc1ccc(C(N)=NO)c(Oc2ccc(Br)cc2)n1. The molecule has 0 atom stereocenters. The van der Waals surface area contributed by atoms with Crippen LogP contribution in [0.5, 0.6) is 11.6 Å². The van der Waals surface area contributed by atoms with Crippen LogP contribution in [-0.2, 0) is 0 Å². The summed E-state index contributed by atoms with van der Waals surface area (Å²) in [6.45, 7) is 1.84. The number of aromatic nitrogens is 1. The van der Waals surface area contributed by atoms with Gasteiger partial charge in [0.1, 0.15) is 5.75 Å². The molecule has 0 saturated heterocycles. The van der Waals surface area contributed by atoms with E-state index in [1.807, 2.05) is 19.1 Å². The summed E-state index contributed by atoms with van der Waals surface area (Å²) in [5, 5.41) is 11.7. The lowest BCUT2D eigenvalue weighted by Crippen LogP contribution is -2.15. The van der Waals surface area contributed by atoms with Crippen LogP contribution in [0.3, 0.4) is 0 Å². The lowest BCUT2D eigenvalue weighted by molar-refractivity contribution is 0.318. The molecule has 1 heterocycles. The first kappa shape index (κ1) is 13.4. The Kier molecular flexibility index (Phi) is 4.01. The molecule has 2 aromatic rings. The normalized spacial score (nSPS) is 11.4. The van der Waals surface area contributed by atoms with Crippen LogP contribution >= 0.6 is 15.9 Å². The maximum absolute atomic E-state index is 8.76. The average molecular weight is 322 g/mol. The zero-order chi connectivity index (χ0) is 13.8. The summed E-state index contributed by atoms with van der Waals surface area (Å²) >= 11 is 3.35. The van der Waals surface area contributed by atoms with Gasteiger partial charge in [0.2, 0.25) is 5.88 Å². The van der Waals surface area contributed by atoms with Crippen molar-refractivity contribution >= 4 is 21.8 Å². The van der Waals surface area contributed by atoms with Crippen molar-refractivity contribution in [1.29, 1.82) is 0 Å². The second-order valence-corrected chi connectivity index (χ2v) is 4.76. The van der Waals surface area contributed by atoms with E-state index in [1.54, 1.807) is 24.3 Å². The Morgan fingerprint density at radius 3 is 2.58 bits per heavy atom. The van der Waals surface area contributed by atoms with Crippen LogP contribution in [-0.4, -0.2) is 16.0 Å².